The number of carbonyl (C=O) groups excluding carboxylic acids is 2. The fraction of sp³-hybridized carbons (Fsp3) is 0.500. The van der Waals surface area contributed by atoms with E-state index < -0.39 is 11.9 Å². The lowest BCUT2D eigenvalue weighted by Gasteiger charge is -2.00. The molecule has 0 atom stereocenters. The van der Waals surface area contributed by atoms with Gasteiger partial charge in [0.1, 0.15) is 0 Å². The molecule has 0 fully saturated rings. The van der Waals surface area contributed by atoms with E-state index in [0.29, 0.717) is 12.8 Å². The fourth-order valence-corrected chi connectivity index (χ4v) is 0.800. The first-order chi connectivity index (χ1) is 7.70. The summed E-state index contributed by atoms with van der Waals surface area (Å²) in [6.45, 7) is 0. The van der Waals surface area contributed by atoms with E-state index in [4.69, 9.17) is 10.5 Å². The van der Waals surface area contributed by atoms with Crippen molar-refractivity contribution in [3.05, 3.63) is 0 Å². The number of carbonyl (C=O) groups is 2. The molecule has 0 bridgehead atoms. The lowest BCUT2D eigenvalue weighted by atomic mass is 10.2. The lowest BCUT2D eigenvalue weighted by Crippen LogP contribution is -2.15. The van der Waals surface area contributed by atoms with Gasteiger partial charge < -0.3 is 9.68 Å². The van der Waals surface area contributed by atoms with Gasteiger partial charge in [-0.25, -0.2) is 9.59 Å². The number of hydroxylamine groups is 2. The maximum Gasteiger partial charge on any atom is 0.333 e. The molecule has 0 heterocycles. The molecule has 8 nitrogen and oxygen atoms in total. The topological polar surface area (TPSA) is 124 Å². The van der Waals surface area contributed by atoms with Crippen LogP contribution in [0.5, 0.6) is 0 Å². The van der Waals surface area contributed by atoms with Gasteiger partial charge in [0.25, 0.3) is 0 Å². The van der Waals surface area contributed by atoms with Crippen molar-refractivity contribution in [2.24, 2.45) is 0 Å². The Bertz CT molecular complexity index is 285. The lowest BCUT2D eigenvalue weighted by molar-refractivity contribution is -0.150. The standard InChI is InChI=1S/C8H10N4O4/c9-5-11-15-7(13)3-1-2-4-8(14)16-12-6-10/h11-12H,1-4H2. The molecule has 0 saturated carbocycles. The van der Waals surface area contributed by atoms with Gasteiger partial charge >= 0.3 is 11.9 Å². The van der Waals surface area contributed by atoms with Crippen LogP contribution in [0.1, 0.15) is 25.7 Å². The average molecular weight is 226 g/mol. The number of nitrogens with zero attached hydrogens (tertiary/aromatic N) is 2. The van der Waals surface area contributed by atoms with E-state index in [1.54, 1.807) is 11.0 Å². The van der Waals surface area contributed by atoms with E-state index in [1.807, 2.05) is 0 Å². The Balaban J connectivity index is 3.40. The Morgan fingerprint density at radius 3 is 1.62 bits per heavy atom. The Kier molecular flexibility index (Phi) is 7.68. The molecule has 0 aliphatic rings. The highest BCUT2D eigenvalue weighted by Gasteiger charge is 2.05. The molecule has 0 amide bonds. The minimum atomic E-state index is -0.579. The van der Waals surface area contributed by atoms with Crippen molar-refractivity contribution in [3.63, 3.8) is 0 Å². The monoisotopic (exact) mass is 226 g/mol. The quantitative estimate of drug-likeness (QED) is 0.260. The summed E-state index contributed by atoms with van der Waals surface area (Å²) in [7, 11) is 0. The Labute approximate surface area is 91.6 Å². The second-order valence-corrected chi connectivity index (χ2v) is 2.58. The summed E-state index contributed by atoms with van der Waals surface area (Å²) >= 11 is 0. The van der Waals surface area contributed by atoms with Crippen LogP contribution in [-0.4, -0.2) is 11.9 Å². The van der Waals surface area contributed by atoms with Crippen LogP contribution in [0.15, 0.2) is 0 Å². The molecule has 0 aliphatic carbocycles. The largest absolute Gasteiger partial charge is 0.334 e. The smallest absolute Gasteiger partial charge is 0.333 e. The molecule has 16 heavy (non-hydrogen) atoms. The van der Waals surface area contributed by atoms with Crippen molar-refractivity contribution >= 4 is 11.9 Å². The van der Waals surface area contributed by atoms with E-state index in [1.165, 1.54) is 12.4 Å². The molecular formula is C8H10N4O4. The van der Waals surface area contributed by atoms with Crippen molar-refractivity contribution < 1.29 is 19.3 Å². The van der Waals surface area contributed by atoms with Crippen molar-refractivity contribution in [1.82, 2.24) is 11.0 Å². The van der Waals surface area contributed by atoms with Crippen LogP contribution in [0.3, 0.4) is 0 Å². The predicted octanol–water partition coefficient (Wildman–Crippen LogP) is -0.395. The van der Waals surface area contributed by atoms with Gasteiger partial charge in [0.15, 0.2) is 0 Å². The Hall–Kier alpha value is -2.48. The predicted molar refractivity (Wildman–Crippen MR) is 48.1 cm³/mol. The zero-order valence-electron chi connectivity index (χ0n) is 8.36. The van der Waals surface area contributed by atoms with Crippen LogP contribution in [0.2, 0.25) is 0 Å². The molecule has 0 aromatic rings. The summed E-state index contributed by atoms with van der Waals surface area (Å²) in [4.78, 5) is 30.1. The molecule has 0 aromatic carbocycles. The first-order valence-electron chi connectivity index (χ1n) is 4.38. The van der Waals surface area contributed by atoms with Crippen LogP contribution < -0.4 is 11.0 Å². The highest BCUT2D eigenvalue weighted by molar-refractivity contribution is 5.70. The fourth-order valence-electron chi connectivity index (χ4n) is 0.800. The second kappa shape index (κ2) is 9.09. The van der Waals surface area contributed by atoms with Gasteiger partial charge in [-0.15, -0.1) is 0 Å². The number of unbranched alkanes of at least 4 members (excludes halogenated alkanes) is 1. The summed E-state index contributed by atoms with van der Waals surface area (Å²) in [5.41, 5.74) is 3.49. The molecular weight excluding hydrogens is 216 g/mol. The molecule has 2 N–H and O–H groups in total. The van der Waals surface area contributed by atoms with Crippen LogP contribution >= 0.6 is 0 Å². The zero-order valence-corrected chi connectivity index (χ0v) is 8.36. The molecule has 0 radical (unpaired) electrons. The average Bonchev–Trinajstić information content (AvgIpc) is 2.29. The number of nitrogens with one attached hydrogen (secondary N) is 2. The number of hydrogen-bond donors (Lipinski definition) is 2. The highest BCUT2D eigenvalue weighted by Crippen LogP contribution is 2.01. The molecule has 86 valence electrons. The number of nitriles is 2. The van der Waals surface area contributed by atoms with E-state index in [2.05, 4.69) is 9.68 Å². The summed E-state index contributed by atoms with van der Waals surface area (Å²) in [5, 5.41) is 16.0. The first-order valence-corrected chi connectivity index (χ1v) is 4.38. The van der Waals surface area contributed by atoms with Crippen molar-refractivity contribution in [3.8, 4) is 12.4 Å². The zero-order chi connectivity index (χ0) is 12.2. The molecule has 0 aliphatic heterocycles. The van der Waals surface area contributed by atoms with E-state index in [0.717, 1.165) is 0 Å². The summed E-state index contributed by atoms with van der Waals surface area (Å²) in [5.74, 6) is -1.16. The van der Waals surface area contributed by atoms with Gasteiger partial charge in [0, 0.05) is 12.8 Å². The maximum atomic E-state index is 10.8. The van der Waals surface area contributed by atoms with E-state index in [9.17, 15) is 9.59 Å². The molecule has 8 heteroatoms. The maximum absolute atomic E-state index is 10.8. The summed E-state index contributed by atoms with van der Waals surface area (Å²) < 4.78 is 0. The third kappa shape index (κ3) is 8.13. The van der Waals surface area contributed by atoms with Gasteiger partial charge in [-0.05, 0) is 12.8 Å². The van der Waals surface area contributed by atoms with Gasteiger partial charge in [0.05, 0.1) is 0 Å². The summed E-state index contributed by atoms with van der Waals surface area (Å²) in [6.07, 6.45) is 3.88. The number of rotatable bonds is 7. The molecule has 0 rings (SSSR count). The van der Waals surface area contributed by atoms with Gasteiger partial charge in [-0.2, -0.15) is 21.5 Å². The molecule has 0 aromatic heterocycles. The Morgan fingerprint density at radius 1 is 0.938 bits per heavy atom. The van der Waals surface area contributed by atoms with Gasteiger partial charge in [0.2, 0.25) is 12.4 Å². The normalized spacial score (nSPS) is 8.12. The van der Waals surface area contributed by atoms with Crippen LogP contribution in [0, 0.1) is 22.9 Å². The molecule has 0 spiro atoms. The highest BCUT2D eigenvalue weighted by atomic mass is 16.7. The SMILES string of the molecule is N#CNOC(=O)CCCCC(=O)ONC#N. The minimum Gasteiger partial charge on any atom is -0.334 e. The first kappa shape index (κ1) is 13.5. The molecule has 0 unspecified atom stereocenters. The van der Waals surface area contributed by atoms with E-state index >= 15 is 0 Å². The van der Waals surface area contributed by atoms with Crippen LogP contribution in [0.4, 0.5) is 0 Å². The third-order valence-electron chi connectivity index (χ3n) is 1.43. The van der Waals surface area contributed by atoms with Crippen LogP contribution in [-0.2, 0) is 19.3 Å². The number of hydrogen-bond acceptors (Lipinski definition) is 8. The van der Waals surface area contributed by atoms with Gasteiger partial charge in [-0.3, -0.25) is 0 Å². The van der Waals surface area contributed by atoms with Crippen molar-refractivity contribution in [1.29, 1.82) is 10.5 Å². The second-order valence-electron chi connectivity index (χ2n) is 2.58. The molecule has 0 saturated heterocycles. The van der Waals surface area contributed by atoms with Gasteiger partial charge in [-0.1, -0.05) is 0 Å². The van der Waals surface area contributed by atoms with Crippen molar-refractivity contribution in [2.45, 2.75) is 25.7 Å². The van der Waals surface area contributed by atoms with E-state index in [-0.39, 0.29) is 12.8 Å². The Morgan fingerprint density at radius 2 is 1.31 bits per heavy atom. The van der Waals surface area contributed by atoms with Crippen LogP contribution in [0.25, 0.3) is 0 Å². The minimum absolute atomic E-state index is 0.0909. The summed E-state index contributed by atoms with van der Waals surface area (Å²) in [6, 6.07) is 0. The van der Waals surface area contributed by atoms with Crippen molar-refractivity contribution in [2.75, 3.05) is 0 Å². The third-order valence-corrected chi connectivity index (χ3v) is 1.43.